The summed E-state index contributed by atoms with van der Waals surface area (Å²) in [5, 5.41) is 23.0. The van der Waals surface area contributed by atoms with Gasteiger partial charge in [0.1, 0.15) is 12.3 Å². The summed E-state index contributed by atoms with van der Waals surface area (Å²) in [5.74, 6) is -2.18. The van der Waals surface area contributed by atoms with Crippen molar-refractivity contribution >= 4 is 30.0 Å². The van der Waals surface area contributed by atoms with Crippen molar-refractivity contribution in [2.75, 3.05) is 59.4 Å². The van der Waals surface area contributed by atoms with Crippen LogP contribution in [0.5, 0.6) is 0 Å². The van der Waals surface area contributed by atoms with E-state index in [1.165, 1.54) is 44.9 Å². The molecule has 0 bridgehead atoms. The second-order valence-corrected chi connectivity index (χ2v) is 11.6. The molecule has 0 fully saturated rings. The van der Waals surface area contributed by atoms with E-state index in [1.807, 2.05) is 0 Å². The van der Waals surface area contributed by atoms with Crippen molar-refractivity contribution in [2.24, 2.45) is 0 Å². The van der Waals surface area contributed by atoms with Crippen LogP contribution in [0.25, 0.3) is 0 Å². The molecule has 1 atom stereocenters. The van der Waals surface area contributed by atoms with Gasteiger partial charge in [-0.05, 0) is 19.3 Å². The fraction of sp³-hybridized carbons (Fsp3) is 0.853. The van der Waals surface area contributed by atoms with Gasteiger partial charge < -0.3 is 44.6 Å². The maximum Gasteiger partial charge on any atom is 0.326 e. The van der Waals surface area contributed by atoms with Crippen molar-refractivity contribution in [3.8, 4) is 0 Å². The van der Waals surface area contributed by atoms with Crippen molar-refractivity contribution in [1.82, 2.24) is 10.6 Å². The van der Waals surface area contributed by atoms with E-state index in [-0.39, 0.29) is 37.7 Å². The van der Waals surface area contributed by atoms with Gasteiger partial charge in [-0.2, -0.15) is 0 Å². The lowest BCUT2D eigenvalue weighted by molar-refractivity contribution is -0.142. The molecule has 1 unspecified atom stereocenters. The van der Waals surface area contributed by atoms with Crippen molar-refractivity contribution in [3.05, 3.63) is 0 Å². The fourth-order valence-electron chi connectivity index (χ4n) is 4.72. The molecule has 0 aromatic heterocycles. The highest BCUT2D eigenvalue weighted by atomic mass is 16.6. The largest absolute Gasteiger partial charge is 0.481 e. The van der Waals surface area contributed by atoms with Crippen LogP contribution in [0, 0.1) is 0 Å². The minimum absolute atomic E-state index is 0.0103. The first kappa shape index (κ1) is 44.4. The van der Waals surface area contributed by atoms with E-state index >= 15 is 0 Å². The molecule has 0 heterocycles. The van der Waals surface area contributed by atoms with Gasteiger partial charge in [0.05, 0.1) is 59.3 Å². The van der Waals surface area contributed by atoms with E-state index in [2.05, 4.69) is 10.6 Å². The Morgan fingerprint density at radius 2 is 0.936 bits per heavy atom. The SMILES string of the molecule is O=CCCC(NC(=O)CCCCCCCCCCCCCCCCC(=O)NCCOCCOCCOCCOCCC(=O)O)C(=O)O. The highest BCUT2D eigenvalue weighted by molar-refractivity contribution is 5.83. The van der Waals surface area contributed by atoms with Gasteiger partial charge in [-0.15, -0.1) is 0 Å². The molecule has 13 heteroatoms. The first-order valence-corrected chi connectivity index (χ1v) is 17.6. The second kappa shape index (κ2) is 34.7. The molecule has 0 aromatic rings. The molecule has 0 rings (SSSR count). The topological polar surface area (TPSA) is 187 Å². The summed E-state index contributed by atoms with van der Waals surface area (Å²) in [4.78, 5) is 55.7. The summed E-state index contributed by atoms with van der Waals surface area (Å²) in [5.41, 5.74) is 0. The number of carboxylic acid groups (broad SMARTS) is 2. The molecule has 0 aliphatic heterocycles. The maximum absolute atomic E-state index is 12.0. The molecule has 0 spiro atoms. The van der Waals surface area contributed by atoms with Crippen molar-refractivity contribution in [1.29, 1.82) is 0 Å². The molecule has 47 heavy (non-hydrogen) atoms. The van der Waals surface area contributed by atoms with Gasteiger partial charge >= 0.3 is 11.9 Å². The third kappa shape index (κ3) is 34.5. The van der Waals surface area contributed by atoms with Crippen molar-refractivity contribution in [2.45, 2.75) is 128 Å². The lowest BCUT2D eigenvalue weighted by atomic mass is 10.0. The number of hydrogen-bond acceptors (Lipinski definition) is 9. The van der Waals surface area contributed by atoms with Crippen LogP contribution < -0.4 is 10.6 Å². The minimum atomic E-state index is -1.10. The van der Waals surface area contributed by atoms with E-state index in [0.29, 0.717) is 71.9 Å². The van der Waals surface area contributed by atoms with Crippen molar-refractivity contribution < 1.29 is 53.1 Å². The highest BCUT2D eigenvalue weighted by Crippen LogP contribution is 2.14. The Kier molecular flexibility index (Phi) is 32.8. The van der Waals surface area contributed by atoms with Crippen LogP contribution in [-0.4, -0.2) is 106 Å². The number of aliphatic carboxylic acids is 2. The Morgan fingerprint density at radius 3 is 1.36 bits per heavy atom. The lowest BCUT2D eigenvalue weighted by Gasteiger charge is -2.13. The molecule has 0 radical (unpaired) electrons. The second-order valence-electron chi connectivity index (χ2n) is 11.6. The van der Waals surface area contributed by atoms with Crippen LogP contribution in [0.1, 0.15) is 122 Å². The Hall–Kier alpha value is -2.61. The summed E-state index contributed by atoms with van der Waals surface area (Å²) in [6.45, 7) is 3.64. The van der Waals surface area contributed by atoms with Crippen LogP contribution in [0.4, 0.5) is 0 Å². The zero-order valence-corrected chi connectivity index (χ0v) is 28.5. The minimum Gasteiger partial charge on any atom is -0.481 e. The molecule has 2 amide bonds. The summed E-state index contributed by atoms with van der Waals surface area (Å²) < 4.78 is 21.3. The van der Waals surface area contributed by atoms with Gasteiger partial charge in [0.2, 0.25) is 11.8 Å². The number of unbranched alkanes of at least 4 members (excludes halogenated alkanes) is 13. The zero-order chi connectivity index (χ0) is 34.6. The van der Waals surface area contributed by atoms with Gasteiger partial charge in [0, 0.05) is 25.8 Å². The number of aldehydes is 1. The Labute approximate surface area is 281 Å². The number of carbonyl (C=O) groups is 5. The van der Waals surface area contributed by atoms with E-state index in [4.69, 9.17) is 29.2 Å². The molecule has 0 aliphatic rings. The number of carboxylic acids is 2. The summed E-state index contributed by atoms with van der Waals surface area (Å²) in [7, 11) is 0. The van der Waals surface area contributed by atoms with Gasteiger partial charge in [-0.1, -0.05) is 77.0 Å². The van der Waals surface area contributed by atoms with Gasteiger partial charge in [-0.25, -0.2) is 4.79 Å². The van der Waals surface area contributed by atoms with E-state index < -0.39 is 18.0 Å². The predicted molar refractivity (Wildman–Crippen MR) is 177 cm³/mol. The monoisotopic (exact) mass is 674 g/mol. The zero-order valence-electron chi connectivity index (χ0n) is 28.5. The molecule has 4 N–H and O–H groups in total. The van der Waals surface area contributed by atoms with Crippen LogP contribution in [-0.2, 0) is 42.9 Å². The van der Waals surface area contributed by atoms with Gasteiger partial charge in [0.25, 0.3) is 0 Å². The molecule has 0 saturated heterocycles. The Morgan fingerprint density at radius 1 is 0.532 bits per heavy atom. The van der Waals surface area contributed by atoms with Crippen LogP contribution in [0.2, 0.25) is 0 Å². The molecule has 274 valence electrons. The molecule has 0 aromatic carbocycles. The third-order valence-electron chi connectivity index (χ3n) is 7.41. The first-order valence-electron chi connectivity index (χ1n) is 17.6. The molecule has 0 saturated carbocycles. The summed E-state index contributed by atoms with van der Waals surface area (Å²) in [6.07, 6.45) is 17.5. The predicted octanol–water partition coefficient (Wildman–Crippen LogP) is 4.43. The fourth-order valence-corrected chi connectivity index (χ4v) is 4.72. The van der Waals surface area contributed by atoms with E-state index in [0.717, 1.165) is 44.9 Å². The molecule has 0 aliphatic carbocycles. The summed E-state index contributed by atoms with van der Waals surface area (Å²) in [6, 6.07) is -0.986. The average molecular weight is 675 g/mol. The highest BCUT2D eigenvalue weighted by Gasteiger charge is 2.18. The Balaban J connectivity index is 3.31. The van der Waals surface area contributed by atoms with Crippen LogP contribution in [0.15, 0.2) is 0 Å². The number of rotatable bonds is 37. The van der Waals surface area contributed by atoms with E-state index in [1.54, 1.807) is 0 Å². The number of ether oxygens (including phenoxy) is 4. The normalized spacial score (nSPS) is 11.7. The standard InChI is InChI=1S/C34H62N2O11/c37-21-15-16-30(34(42)43)36-32(39)18-14-12-10-8-6-4-2-1-3-5-7-9-11-13-17-31(38)35-20-23-45-25-27-47-29-28-46-26-24-44-22-19-33(40)41/h21,30H,1-20,22-29H2,(H,35,38)(H,36,39)(H,40,41)(H,42,43). The number of amides is 2. The molecular formula is C34H62N2O11. The number of hydrogen-bond donors (Lipinski definition) is 4. The first-order chi connectivity index (χ1) is 22.9. The number of nitrogens with one attached hydrogen (secondary N) is 2. The van der Waals surface area contributed by atoms with E-state index in [9.17, 15) is 24.0 Å². The average Bonchev–Trinajstić information content (AvgIpc) is 3.04. The molecule has 13 nitrogen and oxygen atoms in total. The van der Waals surface area contributed by atoms with Crippen LogP contribution >= 0.6 is 0 Å². The smallest absolute Gasteiger partial charge is 0.326 e. The summed E-state index contributed by atoms with van der Waals surface area (Å²) >= 11 is 0. The van der Waals surface area contributed by atoms with Gasteiger partial charge in [0.15, 0.2) is 0 Å². The quantitative estimate of drug-likeness (QED) is 0.0539. The van der Waals surface area contributed by atoms with Gasteiger partial charge in [-0.3, -0.25) is 14.4 Å². The number of carbonyl (C=O) groups excluding carboxylic acids is 3. The third-order valence-corrected chi connectivity index (χ3v) is 7.41. The van der Waals surface area contributed by atoms with Crippen molar-refractivity contribution in [3.63, 3.8) is 0 Å². The Bertz CT molecular complexity index is 798. The lowest BCUT2D eigenvalue weighted by Crippen LogP contribution is -2.40. The van der Waals surface area contributed by atoms with Crippen LogP contribution in [0.3, 0.4) is 0 Å². The maximum atomic E-state index is 12.0. The molecular weight excluding hydrogens is 612 g/mol.